The Morgan fingerprint density at radius 1 is 0.892 bits per heavy atom. The molecule has 4 aliphatic rings. The molecule has 16 heteroatoms. The third-order valence-electron chi connectivity index (χ3n) is 15.9. The van der Waals surface area contributed by atoms with Gasteiger partial charge in [0.1, 0.15) is 11.6 Å². The number of nitrogens with one attached hydrogen (secondary N) is 2. The van der Waals surface area contributed by atoms with Gasteiger partial charge in [0.15, 0.2) is 10.8 Å². The molecule has 1 aliphatic carbocycles. The first kappa shape index (κ1) is 49.1. The van der Waals surface area contributed by atoms with Crippen molar-refractivity contribution in [3.05, 3.63) is 125 Å². The van der Waals surface area contributed by atoms with Crippen LogP contribution in [0.3, 0.4) is 0 Å². The molecule has 74 heavy (non-hydrogen) atoms. The maximum absolute atomic E-state index is 13.7. The van der Waals surface area contributed by atoms with Crippen molar-refractivity contribution in [1.82, 2.24) is 30.0 Å². The highest BCUT2D eigenvalue weighted by Crippen LogP contribution is 2.39. The number of rotatable bonds is 13. The maximum Gasteiger partial charge on any atom is 0.355 e. The summed E-state index contributed by atoms with van der Waals surface area (Å²) in [4.78, 5) is 67.6. The third-order valence-corrected chi connectivity index (χ3v) is 16.9. The number of aromatic carboxylic acids is 1. The Bertz CT molecular complexity index is 3290. The van der Waals surface area contributed by atoms with Gasteiger partial charge < -0.3 is 19.6 Å². The lowest BCUT2D eigenvalue weighted by Crippen LogP contribution is -2.59. The topological polar surface area (TPSA) is 175 Å². The molecule has 3 N–H and O–H groups in total. The van der Waals surface area contributed by atoms with Crippen molar-refractivity contribution in [2.45, 2.75) is 103 Å². The first-order valence-electron chi connectivity index (χ1n) is 26.1. The number of aryl methyl sites for hydroxylation is 1. The summed E-state index contributed by atoms with van der Waals surface area (Å²) in [6.07, 6.45) is 8.15. The van der Waals surface area contributed by atoms with E-state index in [0.29, 0.717) is 60.3 Å². The minimum absolute atomic E-state index is 0.0209. The number of imide groups is 1. The van der Waals surface area contributed by atoms with Crippen molar-refractivity contribution in [3.8, 4) is 16.9 Å². The normalized spacial score (nSPS) is 20.1. The highest BCUT2D eigenvalue weighted by molar-refractivity contribution is 7.22. The fraction of sp³-hybridized carbons (Fsp3) is 0.397. The Kier molecular flexibility index (Phi) is 13.4. The molecule has 2 saturated heterocycles. The summed E-state index contributed by atoms with van der Waals surface area (Å²) >= 11 is 1.44. The molecule has 3 fully saturated rings. The number of nitrogens with zero attached hydrogens (tertiary/aromatic N) is 7. The first-order chi connectivity index (χ1) is 35.8. The van der Waals surface area contributed by atoms with E-state index in [9.17, 15) is 24.3 Å². The van der Waals surface area contributed by atoms with Crippen LogP contribution in [0.25, 0.3) is 32.2 Å². The zero-order valence-corrected chi connectivity index (χ0v) is 43.3. The second-order valence-electron chi connectivity index (χ2n) is 21.2. The van der Waals surface area contributed by atoms with Gasteiger partial charge in [-0.1, -0.05) is 47.7 Å². The molecular weight excluding hydrogens is 951 g/mol. The number of anilines is 3. The number of amides is 3. The molecule has 3 aliphatic heterocycles. The molecule has 1 unspecified atom stereocenters. The Morgan fingerprint density at radius 2 is 1.72 bits per heavy atom. The minimum atomic E-state index is -1.10. The second-order valence-corrected chi connectivity index (χ2v) is 22.2. The van der Waals surface area contributed by atoms with E-state index in [1.165, 1.54) is 17.8 Å². The fourth-order valence-corrected chi connectivity index (χ4v) is 12.9. The van der Waals surface area contributed by atoms with E-state index in [2.05, 4.69) is 57.5 Å². The van der Waals surface area contributed by atoms with Crippen molar-refractivity contribution in [1.29, 1.82) is 0 Å². The average molecular weight is 1010 g/mol. The van der Waals surface area contributed by atoms with Crippen LogP contribution >= 0.6 is 11.3 Å². The van der Waals surface area contributed by atoms with Crippen LogP contribution in [0.5, 0.6) is 5.75 Å². The van der Waals surface area contributed by atoms with Crippen LogP contribution in [0, 0.1) is 12.8 Å². The molecule has 11 rings (SSSR count). The molecule has 382 valence electrons. The number of carboxylic acids is 1. The Balaban J connectivity index is 0.676. The number of hydrogen-bond acceptors (Lipinski definition) is 12. The van der Waals surface area contributed by atoms with Gasteiger partial charge in [-0.05, 0) is 161 Å². The number of carboxylic acid groups (broad SMARTS) is 1. The third kappa shape index (κ3) is 9.84. The second kappa shape index (κ2) is 20.3. The molecule has 1 saturated carbocycles. The van der Waals surface area contributed by atoms with Gasteiger partial charge >= 0.3 is 5.97 Å². The first-order valence-corrected chi connectivity index (χ1v) is 26.9. The summed E-state index contributed by atoms with van der Waals surface area (Å²) in [5, 5.41) is 22.3. The number of fused-ring (bicyclic) bond motifs is 3. The molecule has 0 bridgehead atoms. The van der Waals surface area contributed by atoms with Crippen LogP contribution in [-0.2, 0) is 29.6 Å². The van der Waals surface area contributed by atoms with Crippen LogP contribution in [-0.4, -0.2) is 97.8 Å². The summed E-state index contributed by atoms with van der Waals surface area (Å²) in [7, 11) is 1.92. The predicted molar refractivity (Wildman–Crippen MR) is 289 cm³/mol. The lowest BCUT2D eigenvalue weighted by Gasteiger charge is -2.48. The zero-order valence-electron chi connectivity index (χ0n) is 42.5. The van der Waals surface area contributed by atoms with Gasteiger partial charge in [-0.3, -0.25) is 34.6 Å². The number of hydrogen-bond donors (Lipinski definition) is 3. The van der Waals surface area contributed by atoms with Gasteiger partial charge in [0.25, 0.3) is 5.91 Å². The smallest absolute Gasteiger partial charge is 0.355 e. The van der Waals surface area contributed by atoms with E-state index in [4.69, 9.17) is 14.8 Å². The number of ether oxygens (including phenoxy) is 1. The molecular formula is C58H63N9O6S. The van der Waals surface area contributed by atoms with E-state index >= 15 is 0 Å². The van der Waals surface area contributed by atoms with Crippen LogP contribution < -0.4 is 25.2 Å². The number of benzene rings is 4. The lowest BCUT2D eigenvalue weighted by molar-refractivity contribution is -0.134. The Hall–Kier alpha value is -7.17. The van der Waals surface area contributed by atoms with E-state index in [1.54, 1.807) is 0 Å². The van der Waals surface area contributed by atoms with Crippen molar-refractivity contribution >= 4 is 72.8 Å². The van der Waals surface area contributed by atoms with Crippen molar-refractivity contribution in [2.75, 3.05) is 47.8 Å². The number of piperidine rings is 1. The van der Waals surface area contributed by atoms with Crippen LogP contribution in [0.15, 0.2) is 91.0 Å². The Labute approximate surface area is 434 Å². The van der Waals surface area contributed by atoms with Crippen molar-refractivity contribution in [2.24, 2.45) is 13.0 Å². The van der Waals surface area contributed by atoms with Gasteiger partial charge in [0, 0.05) is 73.9 Å². The van der Waals surface area contributed by atoms with Gasteiger partial charge in [0.05, 0.1) is 33.4 Å². The number of piperazine rings is 1. The molecule has 0 radical (unpaired) electrons. The minimum Gasteiger partial charge on any atom is -0.490 e. The number of para-hydroxylation sites is 1. The van der Waals surface area contributed by atoms with Crippen LogP contribution in [0.4, 0.5) is 16.6 Å². The quantitative estimate of drug-likeness (QED) is 0.0935. The summed E-state index contributed by atoms with van der Waals surface area (Å²) in [6, 6.07) is 29.6. The van der Waals surface area contributed by atoms with Crippen molar-refractivity contribution < 1.29 is 29.0 Å². The molecule has 0 spiro atoms. The average Bonchev–Trinajstić information content (AvgIpc) is 3.95. The van der Waals surface area contributed by atoms with Crippen molar-refractivity contribution in [3.63, 3.8) is 0 Å². The monoisotopic (exact) mass is 1010 g/mol. The maximum atomic E-state index is 13.7. The highest BCUT2D eigenvalue weighted by Gasteiger charge is 2.36. The van der Waals surface area contributed by atoms with Crippen LogP contribution in [0.1, 0.15) is 114 Å². The van der Waals surface area contributed by atoms with E-state index in [0.717, 1.165) is 119 Å². The van der Waals surface area contributed by atoms with Gasteiger partial charge in [-0.25, -0.2) is 14.8 Å². The number of carbonyl (C=O) groups is 4. The molecule has 7 aromatic rings. The summed E-state index contributed by atoms with van der Waals surface area (Å²) < 4.78 is 9.57. The fourth-order valence-electron chi connectivity index (χ4n) is 12.0. The summed E-state index contributed by atoms with van der Waals surface area (Å²) in [5.41, 5.74) is 8.38. The number of pyridine rings is 1. The number of thiazole rings is 1. The SMILES string of the molecule is Cc1c(OC2CCC(CCCN3CCN(c4ccc5c(C6CCC(=O)NC6=O)nn(C)c5c4)C(C)(C)C3)CC2)cccc1-c1ccc(N2CCc3cccc(C(=O)Nc4nc5ccccc5s4)c3C2)nc1C(=O)O. The zero-order chi connectivity index (χ0) is 51.3. The molecule has 1 atom stereocenters. The van der Waals surface area contributed by atoms with Gasteiger partial charge in [-0.2, -0.15) is 5.10 Å². The molecule has 6 heterocycles. The van der Waals surface area contributed by atoms with Gasteiger partial charge in [-0.15, -0.1) is 0 Å². The molecule has 15 nitrogen and oxygen atoms in total. The van der Waals surface area contributed by atoms with E-state index in [-0.39, 0.29) is 35.1 Å². The number of aromatic nitrogens is 4. The lowest BCUT2D eigenvalue weighted by atomic mass is 9.84. The largest absolute Gasteiger partial charge is 0.490 e. The number of carbonyl (C=O) groups excluding carboxylic acids is 3. The van der Waals surface area contributed by atoms with Gasteiger partial charge in [0.2, 0.25) is 11.8 Å². The molecule has 3 aromatic heterocycles. The molecule has 4 aromatic carbocycles. The Morgan fingerprint density at radius 3 is 2.51 bits per heavy atom. The van der Waals surface area contributed by atoms with E-state index in [1.807, 2.05) is 96.3 Å². The predicted octanol–water partition coefficient (Wildman–Crippen LogP) is 9.91. The summed E-state index contributed by atoms with van der Waals surface area (Å²) in [5.74, 6) is -0.252. The highest BCUT2D eigenvalue weighted by atomic mass is 32.1. The van der Waals surface area contributed by atoms with E-state index < -0.39 is 11.9 Å². The standard InChI is InChI=1S/C58H63N9O6S/c1-35-40(41-23-25-50(60-53(41)56(71)72)66-29-27-37-11-7-13-42(45(37)33-66)54(69)62-57-59-46-14-5-6-16-49(46)74-57)12-8-15-48(35)73-39-20-17-36(18-21-39)10-9-28-65-30-31-67(58(2,3)34-65)38-19-22-43-47(32-38)64(4)63-52(43)44-24-26-51(68)61-55(44)70/h5-8,11-16,19,22-23,25,32,36,39,44H,9-10,17-18,20-21,24,26-31,33-34H2,1-4H3,(H,71,72)(H,59,62,69)(H,61,68,70). The summed E-state index contributed by atoms with van der Waals surface area (Å²) in [6.45, 7) is 11.6. The molecule has 3 amide bonds. The van der Waals surface area contributed by atoms with Crippen LogP contribution in [0.2, 0.25) is 0 Å².